The predicted molar refractivity (Wildman–Crippen MR) is 77.8 cm³/mol. The number of carboxylic acid groups (broad SMARTS) is 1. The molecule has 98 valence electrons. The number of nitrogens with two attached hydrogens (primary N) is 1. The van der Waals surface area contributed by atoms with Gasteiger partial charge in [0.05, 0.1) is 0 Å². The average Bonchev–Trinajstić information content (AvgIpc) is 2.39. The monoisotopic (exact) mass is 319 g/mol. The molecule has 3 N–H and O–H groups in total. The van der Waals surface area contributed by atoms with Gasteiger partial charge in [-0.05, 0) is 23.3 Å². The van der Waals surface area contributed by atoms with E-state index in [4.69, 9.17) is 5.73 Å². The molecule has 3 nitrogen and oxygen atoms in total. The molecule has 4 heteroatoms. The van der Waals surface area contributed by atoms with Crippen molar-refractivity contribution in [3.63, 3.8) is 0 Å². The smallest absolute Gasteiger partial charge is 0.328 e. The molecule has 0 fully saturated rings. The molecule has 0 spiro atoms. The van der Waals surface area contributed by atoms with Gasteiger partial charge >= 0.3 is 5.97 Å². The normalized spacial score (nSPS) is 13.8. The number of hydrogen-bond acceptors (Lipinski definition) is 2. The number of benzene rings is 2. The van der Waals surface area contributed by atoms with Gasteiger partial charge in [0.25, 0.3) is 0 Å². The molecule has 0 radical (unpaired) electrons. The molecule has 19 heavy (non-hydrogen) atoms. The molecule has 0 bridgehead atoms. The molecule has 0 aromatic heterocycles. The topological polar surface area (TPSA) is 63.3 Å². The molecule has 0 amide bonds. The minimum absolute atomic E-state index is 0.250. The van der Waals surface area contributed by atoms with Gasteiger partial charge in [-0.25, -0.2) is 4.79 Å². The van der Waals surface area contributed by atoms with E-state index >= 15 is 0 Å². The highest BCUT2D eigenvalue weighted by molar-refractivity contribution is 9.10. The Bertz CT molecular complexity index is 586. The molecule has 2 rings (SSSR count). The summed E-state index contributed by atoms with van der Waals surface area (Å²) in [5.41, 5.74) is 6.19. The van der Waals surface area contributed by atoms with Crippen molar-refractivity contribution in [1.29, 1.82) is 0 Å². The van der Waals surface area contributed by atoms with Crippen LogP contribution < -0.4 is 5.73 Å². The molecular formula is C15H14BrNO2. The second kappa shape index (κ2) is 5.55. The van der Waals surface area contributed by atoms with Crippen molar-refractivity contribution in [3.05, 3.63) is 70.2 Å². The number of halogens is 1. The molecule has 0 aliphatic carbocycles. The molecule has 2 aromatic rings. The Kier molecular flexibility index (Phi) is 4.02. The van der Waals surface area contributed by atoms with Gasteiger partial charge in [0.15, 0.2) is 0 Å². The first-order chi connectivity index (χ1) is 9.02. The highest BCUT2D eigenvalue weighted by Crippen LogP contribution is 2.26. The van der Waals surface area contributed by atoms with Crippen LogP contribution in [0.4, 0.5) is 0 Å². The van der Waals surface area contributed by atoms with E-state index in [1.54, 1.807) is 18.2 Å². The fourth-order valence-corrected chi connectivity index (χ4v) is 2.38. The fourth-order valence-electron chi connectivity index (χ4n) is 1.98. The zero-order valence-electron chi connectivity index (χ0n) is 10.2. The lowest BCUT2D eigenvalue weighted by atomic mass is 9.85. The molecular weight excluding hydrogens is 306 g/mol. The lowest BCUT2D eigenvalue weighted by Crippen LogP contribution is -2.46. The number of hydrogen-bond donors (Lipinski definition) is 2. The molecule has 0 heterocycles. The highest BCUT2D eigenvalue weighted by Gasteiger charge is 2.36. The van der Waals surface area contributed by atoms with Crippen molar-refractivity contribution in [2.75, 3.05) is 0 Å². The maximum absolute atomic E-state index is 11.6. The number of aliphatic carboxylic acids is 1. The molecule has 0 aliphatic heterocycles. The molecule has 0 unspecified atom stereocenters. The lowest BCUT2D eigenvalue weighted by Gasteiger charge is -2.25. The zero-order chi connectivity index (χ0) is 13.9. The maximum Gasteiger partial charge on any atom is 0.328 e. The van der Waals surface area contributed by atoms with Gasteiger partial charge in [0.1, 0.15) is 5.54 Å². The summed E-state index contributed by atoms with van der Waals surface area (Å²) in [6.45, 7) is 0. The molecule has 0 aliphatic rings. The Morgan fingerprint density at radius 3 is 2.42 bits per heavy atom. The van der Waals surface area contributed by atoms with E-state index in [0.29, 0.717) is 5.56 Å². The van der Waals surface area contributed by atoms with Crippen molar-refractivity contribution in [2.45, 2.75) is 12.0 Å². The highest BCUT2D eigenvalue weighted by atomic mass is 79.9. The van der Waals surface area contributed by atoms with Crippen molar-refractivity contribution in [3.8, 4) is 0 Å². The summed E-state index contributed by atoms with van der Waals surface area (Å²) in [5, 5.41) is 9.50. The fraction of sp³-hybridized carbons (Fsp3) is 0.133. The average molecular weight is 320 g/mol. The van der Waals surface area contributed by atoms with E-state index < -0.39 is 11.5 Å². The predicted octanol–water partition coefficient (Wildman–Crippen LogP) is 2.93. The quantitative estimate of drug-likeness (QED) is 0.910. The number of rotatable bonds is 4. The summed E-state index contributed by atoms with van der Waals surface area (Å²) < 4.78 is 0.814. The third-order valence-electron chi connectivity index (χ3n) is 3.05. The van der Waals surface area contributed by atoms with E-state index in [1.807, 2.05) is 36.4 Å². The summed E-state index contributed by atoms with van der Waals surface area (Å²) >= 11 is 3.34. The second-order valence-corrected chi connectivity index (χ2v) is 5.36. The van der Waals surface area contributed by atoms with Gasteiger partial charge in [-0.2, -0.15) is 0 Å². The van der Waals surface area contributed by atoms with Crippen molar-refractivity contribution >= 4 is 21.9 Å². The Morgan fingerprint density at radius 1 is 1.16 bits per heavy atom. The molecule has 1 atom stereocenters. The van der Waals surface area contributed by atoms with Crippen molar-refractivity contribution in [1.82, 2.24) is 0 Å². The van der Waals surface area contributed by atoms with Crippen LogP contribution >= 0.6 is 15.9 Å². The first-order valence-electron chi connectivity index (χ1n) is 5.84. The Balaban J connectivity index is 2.41. The first kappa shape index (κ1) is 13.8. The summed E-state index contributed by atoms with van der Waals surface area (Å²) in [6.07, 6.45) is 0.250. The van der Waals surface area contributed by atoms with Gasteiger partial charge in [-0.1, -0.05) is 58.4 Å². The molecule has 2 aromatic carbocycles. The van der Waals surface area contributed by atoms with Crippen LogP contribution in [0.5, 0.6) is 0 Å². The maximum atomic E-state index is 11.6. The number of carboxylic acids is 1. The van der Waals surface area contributed by atoms with E-state index in [9.17, 15) is 9.90 Å². The molecule has 0 saturated heterocycles. The van der Waals surface area contributed by atoms with E-state index in [1.165, 1.54) is 0 Å². The minimum atomic E-state index is -1.43. The minimum Gasteiger partial charge on any atom is -0.480 e. The Morgan fingerprint density at radius 2 is 1.84 bits per heavy atom. The number of carbonyl (C=O) groups is 1. The van der Waals surface area contributed by atoms with Crippen LogP contribution in [0.3, 0.4) is 0 Å². The van der Waals surface area contributed by atoms with Crippen LogP contribution in [0.15, 0.2) is 59.1 Å². The second-order valence-electron chi connectivity index (χ2n) is 4.45. The summed E-state index contributed by atoms with van der Waals surface area (Å²) in [4.78, 5) is 11.6. The third kappa shape index (κ3) is 3.03. The van der Waals surface area contributed by atoms with Crippen LogP contribution in [-0.2, 0) is 16.8 Å². The Labute approximate surface area is 120 Å². The Hall–Kier alpha value is -1.65. The van der Waals surface area contributed by atoms with Crippen molar-refractivity contribution < 1.29 is 9.90 Å². The zero-order valence-corrected chi connectivity index (χ0v) is 11.8. The van der Waals surface area contributed by atoms with E-state index in [2.05, 4.69) is 15.9 Å². The lowest BCUT2D eigenvalue weighted by molar-refractivity contribution is -0.143. The van der Waals surface area contributed by atoms with Crippen LogP contribution in [0.25, 0.3) is 0 Å². The largest absolute Gasteiger partial charge is 0.480 e. The van der Waals surface area contributed by atoms with Crippen LogP contribution in [0.1, 0.15) is 11.1 Å². The SMILES string of the molecule is N[C@](Cc1ccccc1)(C(=O)O)c1cccc(Br)c1. The van der Waals surface area contributed by atoms with Crippen LogP contribution in [0, 0.1) is 0 Å². The third-order valence-corrected chi connectivity index (χ3v) is 3.54. The van der Waals surface area contributed by atoms with Crippen molar-refractivity contribution in [2.24, 2.45) is 5.73 Å². The van der Waals surface area contributed by atoms with Gasteiger partial charge < -0.3 is 10.8 Å². The standard InChI is InChI=1S/C15H14BrNO2/c16-13-8-4-7-12(9-13)15(17,14(18)19)10-11-5-2-1-3-6-11/h1-9H,10,17H2,(H,18,19)/t15-/m0/s1. The van der Waals surface area contributed by atoms with E-state index in [-0.39, 0.29) is 6.42 Å². The van der Waals surface area contributed by atoms with Gasteiger partial charge in [0, 0.05) is 10.9 Å². The summed E-state index contributed by atoms with van der Waals surface area (Å²) in [5.74, 6) is -1.03. The van der Waals surface area contributed by atoms with Gasteiger partial charge in [-0.3, -0.25) is 0 Å². The molecule has 0 saturated carbocycles. The summed E-state index contributed by atoms with van der Waals surface area (Å²) in [7, 11) is 0. The van der Waals surface area contributed by atoms with Gasteiger partial charge in [0.2, 0.25) is 0 Å². The first-order valence-corrected chi connectivity index (χ1v) is 6.64. The van der Waals surface area contributed by atoms with Crippen LogP contribution in [-0.4, -0.2) is 11.1 Å². The van der Waals surface area contributed by atoms with Gasteiger partial charge in [-0.15, -0.1) is 0 Å². The summed E-state index contributed by atoms with van der Waals surface area (Å²) in [6, 6.07) is 16.5. The van der Waals surface area contributed by atoms with E-state index in [0.717, 1.165) is 10.0 Å². The van der Waals surface area contributed by atoms with Crippen LogP contribution in [0.2, 0.25) is 0 Å².